The van der Waals surface area contributed by atoms with Gasteiger partial charge in [-0.2, -0.15) is 0 Å². The normalized spacial score (nSPS) is 11.7. The largest absolute Gasteiger partial charge is 0.480 e. The Kier molecular flexibility index (Phi) is 5.13. The number of carbonyl (C=O) groups is 2. The maximum atomic E-state index is 11.4. The summed E-state index contributed by atoms with van der Waals surface area (Å²) >= 11 is 0. The molecule has 0 saturated heterocycles. The molecule has 18 heavy (non-hydrogen) atoms. The predicted octanol–water partition coefficient (Wildman–Crippen LogP) is 1.43. The minimum atomic E-state index is -1.08. The molecule has 0 heterocycles. The van der Waals surface area contributed by atoms with Crippen molar-refractivity contribution in [3.05, 3.63) is 29.8 Å². The lowest BCUT2D eigenvalue weighted by Gasteiger charge is -2.11. The van der Waals surface area contributed by atoms with Gasteiger partial charge in [-0.1, -0.05) is 12.1 Å². The van der Waals surface area contributed by atoms with Crippen molar-refractivity contribution in [2.45, 2.75) is 19.6 Å². The van der Waals surface area contributed by atoms with Crippen LogP contribution in [0.1, 0.15) is 12.5 Å². The molecule has 0 radical (unpaired) electrons. The van der Waals surface area contributed by atoms with E-state index in [1.807, 2.05) is 12.1 Å². The van der Waals surface area contributed by atoms with Gasteiger partial charge in [0, 0.05) is 12.8 Å². The Bertz CT molecular complexity index is 417. The molecule has 6 heteroatoms. The molecule has 0 fully saturated rings. The van der Waals surface area contributed by atoms with Gasteiger partial charge in [0.2, 0.25) is 0 Å². The zero-order valence-corrected chi connectivity index (χ0v) is 10.3. The van der Waals surface area contributed by atoms with E-state index >= 15 is 0 Å². The van der Waals surface area contributed by atoms with Crippen LogP contribution in [0.15, 0.2) is 24.3 Å². The molecule has 0 aliphatic rings. The lowest BCUT2D eigenvalue weighted by atomic mass is 10.2. The van der Waals surface area contributed by atoms with Crippen molar-refractivity contribution in [1.82, 2.24) is 5.32 Å². The number of methoxy groups -OCH3 is 1. The number of amides is 2. The van der Waals surface area contributed by atoms with E-state index in [0.29, 0.717) is 12.3 Å². The number of rotatable bonds is 5. The average molecular weight is 252 g/mol. The van der Waals surface area contributed by atoms with Crippen LogP contribution in [-0.4, -0.2) is 30.3 Å². The first-order chi connectivity index (χ1) is 8.52. The van der Waals surface area contributed by atoms with Crippen molar-refractivity contribution in [3.63, 3.8) is 0 Å². The Morgan fingerprint density at radius 2 is 1.94 bits per heavy atom. The molecule has 0 aliphatic carbocycles. The van der Waals surface area contributed by atoms with Gasteiger partial charge in [0.05, 0.1) is 6.61 Å². The second-order valence-electron chi connectivity index (χ2n) is 3.79. The molecule has 6 nitrogen and oxygen atoms in total. The van der Waals surface area contributed by atoms with E-state index in [1.165, 1.54) is 6.92 Å². The van der Waals surface area contributed by atoms with Crippen LogP contribution >= 0.6 is 0 Å². The minimum Gasteiger partial charge on any atom is -0.480 e. The number of benzene rings is 1. The number of carboxylic acids is 1. The van der Waals surface area contributed by atoms with Gasteiger partial charge in [-0.25, -0.2) is 4.79 Å². The van der Waals surface area contributed by atoms with Crippen LogP contribution < -0.4 is 10.6 Å². The third kappa shape index (κ3) is 4.42. The van der Waals surface area contributed by atoms with Crippen molar-refractivity contribution >= 4 is 17.7 Å². The van der Waals surface area contributed by atoms with E-state index in [1.54, 1.807) is 19.2 Å². The molecule has 1 aromatic rings. The molecule has 1 rings (SSSR count). The Morgan fingerprint density at radius 3 is 2.44 bits per heavy atom. The third-order valence-corrected chi connectivity index (χ3v) is 2.24. The summed E-state index contributed by atoms with van der Waals surface area (Å²) in [6, 6.07) is 5.60. The van der Waals surface area contributed by atoms with E-state index in [4.69, 9.17) is 9.84 Å². The molecule has 0 spiro atoms. The highest BCUT2D eigenvalue weighted by Gasteiger charge is 2.13. The molecule has 2 amide bonds. The molecular weight excluding hydrogens is 236 g/mol. The monoisotopic (exact) mass is 252 g/mol. The highest BCUT2D eigenvalue weighted by molar-refractivity contribution is 5.92. The Balaban J connectivity index is 2.51. The molecule has 1 atom stereocenters. The van der Waals surface area contributed by atoms with Gasteiger partial charge >= 0.3 is 12.0 Å². The molecule has 0 aromatic heterocycles. The van der Waals surface area contributed by atoms with E-state index in [2.05, 4.69) is 10.6 Å². The van der Waals surface area contributed by atoms with Gasteiger partial charge in [-0.15, -0.1) is 0 Å². The zero-order chi connectivity index (χ0) is 13.5. The van der Waals surface area contributed by atoms with Crippen molar-refractivity contribution in [3.8, 4) is 0 Å². The molecule has 1 unspecified atom stereocenters. The lowest BCUT2D eigenvalue weighted by molar-refractivity contribution is -0.138. The van der Waals surface area contributed by atoms with Crippen LogP contribution in [0.3, 0.4) is 0 Å². The molecule has 0 aliphatic heterocycles. The topological polar surface area (TPSA) is 87.7 Å². The Labute approximate surface area is 105 Å². The summed E-state index contributed by atoms with van der Waals surface area (Å²) in [5.74, 6) is -1.08. The van der Waals surface area contributed by atoms with Crippen molar-refractivity contribution in [2.75, 3.05) is 12.4 Å². The number of carbonyl (C=O) groups excluding carboxylic acids is 1. The van der Waals surface area contributed by atoms with E-state index in [0.717, 1.165) is 5.56 Å². The van der Waals surface area contributed by atoms with Crippen LogP contribution in [-0.2, 0) is 16.1 Å². The first-order valence-corrected chi connectivity index (χ1v) is 5.41. The van der Waals surface area contributed by atoms with Crippen molar-refractivity contribution < 1.29 is 19.4 Å². The van der Waals surface area contributed by atoms with Gasteiger partial charge in [0.25, 0.3) is 0 Å². The zero-order valence-electron chi connectivity index (χ0n) is 10.3. The lowest BCUT2D eigenvalue weighted by Crippen LogP contribution is -2.40. The van der Waals surface area contributed by atoms with E-state index in [9.17, 15) is 9.59 Å². The first kappa shape index (κ1) is 14.0. The fourth-order valence-electron chi connectivity index (χ4n) is 1.28. The maximum Gasteiger partial charge on any atom is 0.325 e. The smallest absolute Gasteiger partial charge is 0.325 e. The summed E-state index contributed by atoms with van der Waals surface area (Å²) in [5.41, 5.74) is 1.58. The Morgan fingerprint density at radius 1 is 1.33 bits per heavy atom. The van der Waals surface area contributed by atoms with Gasteiger partial charge in [-0.3, -0.25) is 4.79 Å². The highest BCUT2D eigenvalue weighted by atomic mass is 16.5. The third-order valence-electron chi connectivity index (χ3n) is 2.24. The fourth-order valence-corrected chi connectivity index (χ4v) is 1.28. The second-order valence-corrected chi connectivity index (χ2v) is 3.79. The molecule has 98 valence electrons. The van der Waals surface area contributed by atoms with E-state index in [-0.39, 0.29) is 0 Å². The summed E-state index contributed by atoms with van der Waals surface area (Å²) in [4.78, 5) is 22.0. The quantitative estimate of drug-likeness (QED) is 0.739. The van der Waals surface area contributed by atoms with Crippen molar-refractivity contribution in [1.29, 1.82) is 0 Å². The number of ether oxygens (including phenoxy) is 1. The second kappa shape index (κ2) is 6.61. The fraction of sp³-hybridized carbons (Fsp3) is 0.333. The first-order valence-electron chi connectivity index (χ1n) is 5.41. The summed E-state index contributed by atoms with van der Waals surface area (Å²) in [5, 5.41) is 13.5. The number of urea groups is 1. The summed E-state index contributed by atoms with van der Waals surface area (Å²) in [6.07, 6.45) is 0. The summed E-state index contributed by atoms with van der Waals surface area (Å²) in [7, 11) is 1.60. The minimum absolute atomic E-state index is 0.503. The molecule has 0 bridgehead atoms. The number of aliphatic carboxylic acids is 1. The van der Waals surface area contributed by atoms with Crippen LogP contribution in [0.5, 0.6) is 0 Å². The number of hydrogen-bond donors (Lipinski definition) is 3. The maximum absolute atomic E-state index is 11.4. The predicted molar refractivity (Wildman–Crippen MR) is 66.4 cm³/mol. The van der Waals surface area contributed by atoms with Crippen LogP contribution in [0.4, 0.5) is 10.5 Å². The Hall–Kier alpha value is -2.08. The van der Waals surface area contributed by atoms with Gasteiger partial charge in [0.15, 0.2) is 0 Å². The SMILES string of the molecule is COCc1ccc(NC(=O)NC(C)C(=O)O)cc1. The standard InChI is InChI=1S/C12H16N2O4/c1-8(11(15)16)13-12(17)14-10-5-3-9(4-6-10)7-18-2/h3-6,8H,7H2,1-2H3,(H,15,16)(H2,13,14,17). The number of nitrogens with one attached hydrogen (secondary N) is 2. The molecule has 0 saturated carbocycles. The molecule has 3 N–H and O–H groups in total. The number of hydrogen-bond acceptors (Lipinski definition) is 3. The van der Waals surface area contributed by atoms with Crippen LogP contribution in [0, 0.1) is 0 Å². The molecule has 1 aromatic carbocycles. The number of anilines is 1. The van der Waals surface area contributed by atoms with Gasteiger partial charge in [0.1, 0.15) is 6.04 Å². The van der Waals surface area contributed by atoms with Crippen LogP contribution in [0.2, 0.25) is 0 Å². The number of carboxylic acid groups (broad SMARTS) is 1. The van der Waals surface area contributed by atoms with Gasteiger partial charge in [-0.05, 0) is 24.6 Å². The molecular formula is C12H16N2O4. The van der Waals surface area contributed by atoms with Crippen molar-refractivity contribution in [2.24, 2.45) is 0 Å². The summed E-state index contributed by atoms with van der Waals surface area (Å²) in [6.45, 7) is 1.89. The van der Waals surface area contributed by atoms with Gasteiger partial charge < -0.3 is 20.5 Å². The summed E-state index contributed by atoms with van der Waals surface area (Å²) < 4.78 is 4.96. The highest BCUT2D eigenvalue weighted by Crippen LogP contribution is 2.10. The van der Waals surface area contributed by atoms with E-state index < -0.39 is 18.0 Å². The van der Waals surface area contributed by atoms with Crippen LogP contribution in [0.25, 0.3) is 0 Å². The average Bonchev–Trinajstić information content (AvgIpc) is 2.31.